The number of halogens is 7. The van der Waals surface area contributed by atoms with E-state index in [4.69, 9.17) is 0 Å². The highest BCUT2D eigenvalue weighted by Crippen LogP contribution is 2.42. The molecule has 0 bridgehead atoms. The largest absolute Gasteiger partial charge is 0.388 e. The van der Waals surface area contributed by atoms with Gasteiger partial charge in [0.15, 0.2) is 6.67 Å². The maximum atomic E-state index is 11.8. The van der Waals surface area contributed by atoms with Crippen LogP contribution in [-0.4, -0.2) is 24.6 Å². The third-order valence-corrected chi connectivity index (χ3v) is 1.05. The van der Waals surface area contributed by atoms with E-state index in [0.717, 1.165) is 0 Å². The number of hydrogen-bond acceptors (Lipinski definition) is 1. The van der Waals surface area contributed by atoms with Crippen molar-refractivity contribution in [2.24, 2.45) is 5.73 Å². The summed E-state index contributed by atoms with van der Waals surface area (Å²) in [6.07, 6.45) is 0. The average Bonchev–Trinajstić information content (AvgIpc) is 1.85. The van der Waals surface area contributed by atoms with E-state index < -0.39 is 24.6 Å². The second kappa shape index (κ2) is 2.75. The van der Waals surface area contributed by atoms with Gasteiger partial charge in [0, 0.05) is 0 Å². The molecule has 0 aromatic rings. The Morgan fingerprint density at radius 1 is 0.917 bits per heavy atom. The summed E-state index contributed by atoms with van der Waals surface area (Å²) in [6, 6.07) is -5.44. The minimum Gasteiger partial charge on any atom is -0.267 e. The van der Waals surface area contributed by atoms with Crippen molar-refractivity contribution in [2.45, 2.75) is 17.9 Å². The Morgan fingerprint density at radius 2 is 1.25 bits per heavy atom. The van der Waals surface area contributed by atoms with E-state index >= 15 is 0 Å². The third-order valence-electron chi connectivity index (χ3n) is 1.05. The van der Waals surface area contributed by atoms with Crippen LogP contribution in [0.3, 0.4) is 0 Å². The lowest BCUT2D eigenvalue weighted by molar-refractivity contribution is -0.309. The van der Waals surface area contributed by atoms with Crippen molar-refractivity contribution in [3.05, 3.63) is 0 Å². The van der Waals surface area contributed by atoms with Crippen molar-refractivity contribution in [3.8, 4) is 0 Å². The molecule has 0 amide bonds. The highest BCUT2D eigenvalue weighted by atomic mass is 19.3. The Hall–Kier alpha value is -0.530. The van der Waals surface area contributed by atoms with Crippen molar-refractivity contribution >= 4 is 0 Å². The molecule has 0 aromatic carbocycles. The van der Waals surface area contributed by atoms with E-state index in [0.29, 0.717) is 0 Å². The van der Waals surface area contributed by atoms with Gasteiger partial charge >= 0.3 is 17.9 Å². The van der Waals surface area contributed by atoms with Crippen molar-refractivity contribution < 1.29 is 30.7 Å². The maximum Gasteiger partial charge on any atom is 0.388 e. The third kappa shape index (κ3) is 1.62. The normalized spacial score (nSPS) is 15.0. The van der Waals surface area contributed by atoms with Gasteiger partial charge in [-0.2, -0.15) is 26.3 Å². The lowest BCUT2D eigenvalue weighted by Crippen LogP contribution is -2.59. The average molecular weight is 199 g/mol. The molecule has 0 aromatic heterocycles. The Labute approximate surface area is 62.3 Å². The highest BCUT2D eigenvalue weighted by Gasteiger charge is 2.70. The molecule has 1 nitrogen and oxygen atoms in total. The summed E-state index contributed by atoms with van der Waals surface area (Å²) in [6.45, 7) is -2.90. The summed E-state index contributed by atoms with van der Waals surface area (Å²) < 4.78 is 81.5. The number of hydrogen-bond donors (Lipinski definition) is 1. The van der Waals surface area contributed by atoms with Crippen LogP contribution in [0.5, 0.6) is 0 Å². The molecule has 8 heteroatoms. The fourth-order valence-corrected chi connectivity index (χ4v) is 0.328. The van der Waals surface area contributed by atoms with E-state index in [9.17, 15) is 30.7 Å². The summed E-state index contributed by atoms with van der Waals surface area (Å²) in [4.78, 5) is 0. The van der Waals surface area contributed by atoms with Gasteiger partial charge in [0.1, 0.15) is 0 Å². The van der Waals surface area contributed by atoms with Crippen LogP contribution in [0.2, 0.25) is 0 Å². The van der Waals surface area contributed by atoms with Crippen LogP contribution in [0, 0.1) is 0 Å². The molecule has 0 radical (unpaired) electrons. The summed E-state index contributed by atoms with van der Waals surface area (Å²) in [5, 5.41) is 0. The van der Waals surface area contributed by atoms with Gasteiger partial charge in [-0.1, -0.05) is 0 Å². The van der Waals surface area contributed by atoms with Crippen LogP contribution in [-0.2, 0) is 0 Å². The predicted molar refractivity (Wildman–Crippen MR) is 25.0 cm³/mol. The first kappa shape index (κ1) is 11.5. The fourth-order valence-electron chi connectivity index (χ4n) is 0.328. The molecule has 0 rings (SSSR count). The van der Waals surface area contributed by atoms with Gasteiger partial charge in [-0.3, -0.25) is 5.73 Å². The van der Waals surface area contributed by atoms with E-state index in [1.54, 1.807) is 0 Å². The number of rotatable bonds is 3. The van der Waals surface area contributed by atoms with Crippen LogP contribution in [0.1, 0.15) is 0 Å². The molecule has 0 heterocycles. The molecule has 0 aliphatic rings. The highest BCUT2D eigenvalue weighted by molar-refractivity contribution is 4.92. The Morgan fingerprint density at radius 3 is 1.33 bits per heavy atom. The molecule has 0 spiro atoms. The number of alkyl halides is 7. The van der Waals surface area contributed by atoms with Crippen LogP contribution >= 0.6 is 0 Å². The molecule has 0 aliphatic heterocycles. The second-order valence-corrected chi connectivity index (χ2v) is 2.04. The van der Waals surface area contributed by atoms with E-state index in [-0.39, 0.29) is 0 Å². The summed E-state index contributed by atoms with van der Waals surface area (Å²) in [5.41, 5.74) is 3.44. The van der Waals surface area contributed by atoms with Crippen molar-refractivity contribution in [3.63, 3.8) is 0 Å². The fraction of sp³-hybridized carbons (Fsp3) is 1.00. The first-order chi connectivity index (χ1) is 5.06. The van der Waals surface area contributed by atoms with E-state index in [1.165, 1.54) is 0 Å². The maximum absolute atomic E-state index is 11.8. The lowest BCUT2D eigenvalue weighted by Gasteiger charge is -2.28. The van der Waals surface area contributed by atoms with Crippen LogP contribution < -0.4 is 5.73 Å². The Bertz CT molecular complexity index is 159. The van der Waals surface area contributed by atoms with Gasteiger partial charge in [0.05, 0.1) is 0 Å². The van der Waals surface area contributed by atoms with Crippen LogP contribution in [0.15, 0.2) is 0 Å². The molecule has 0 fully saturated rings. The Balaban J connectivity index is 4.85. The van der Waals surface area contributed by atoms with Gasteiger partial charge < -0.3 is 0 Å². The van der Waals surface area contributed by atoms with Gasteiger partial charge in [-0.05, 0) is 0 Å². The zero-order valence-electron chi connectivity index (χ0n) is 5.43. The van der Waals surface area contributed by atoms with Gasteiger partial charge in [0.25, 0.3) is 0 Å². The minimum absolute atomic E-state index is 2.90. The zero-order valence-corrected chi connectivity index (χ0v) is 5.43. The van der Waals surface area contributed by atoms with Gasteiger partial charge in [-0.15, -0.1) is 0 Å². The van der Waals surface area contributed by atoms with E-state index in [1.807, 2.05) is 0 Å². The van der Waals surface area contributed by atoms with Crippen molar-refractivity contribution in [1.82, 2.24) is 0 Å². The molecule has 74 valence electrons. The standard InChI is InChI=1S/C4H4F7N/c5-1-2(6,7)3(8,9)4(10,11)12/h1,12H2. The van der Waals surface area contributed by atoms with Crippen LogP contribution in [0.4, 0.5) is 30.7 Å². The molecule has 0 aliphatic carbocycles. The molecule has 12 heavy (non-hydrogen) atoms. The minimum atomic E-state index is -5.88. The molecule has 0 saturated carbocycles. The molecule has 2 N–H and O–H groups in total. The molecule has 0 atom stereocenters. The topological polar surface area (TPSA) is 26.0 Å². The predicted octanol–water partition coefficient (Wildman–Crippen LogP) is 1.78. The first-order valence-corrected chi connectivity index (χ1v) is 2.54. The van der Waals surface area contributed by atoms with Crippen LogP contribution in [0.25, 0.3) is 0 Å². The summed E-state index contributed by atoms with van der Waals surface area (Å²) >= 11 is 0. The smallest absolute Gasteiger partial charge is 0.267 e. The molecular weight excluding hydrogens is 195 g/mol. The second-order valence-electron chi connectivity index (χ2n) is 2.04. The quantitative estimate of drug-likeness (QED) is 0.544. The molecule has 0 unspecified atom stereocenters. The molecule has 0 saturated heterocycles. The van der Waals surface area contributed by atoms with Crippen molar-refractivity contribution in [2.75, 3.05) is 6.67 Å². The zero-order chi connectivity index (χ0) is 10.2. The summed E-state index contributed by atoms with van der Waals surface area (Å²) in [7, 11) is 0. The Kier molecular flexibility index (Phi) is 2.63. The SMILES string of the molecule is NC(F)(F)C(F)(F)C(F)(F)CF. The van der Waals surface area contributed by atoms with Gasteiger partial charge in [-0.25, -0.2) is 4.39 Å². The molecular formula is C4H4F7N. The van der Waals surface area contributed by atoms with Crippen molar-refractivity contribution in [1.29, 1.82) is 0 Å². The van der Waals surface area contributed by atoms with E-state index in [2.05, 4.69) is 5.73 Å². The van der Waals surface area contributed by atoms with Gasteiger partial charge in [0.2, 0.25) is 0 Å². The lowest BCUT2D eigenvalue weighted by atomic mass is 10.1. The monoisotopic (exact) mass is 199 g/mol. The first-order valence-electron chi connectivity index (χ1n) is 2.54. The number of nitrogens with two attached hydrogens (primary N) is 1. The summed E-state index contributed by atoms with van der Waals surface area (Å²) in [5.74, 6) is -11.3.